The van der Waals surface area contributed by atoms with Crippen LogP contribution in [0.5, 0.6) is 0 Å². The summed E-state index contributed by atoms with van der Waals surface area (Å²) in [7, 11) is -2.76. The van der Waals surface area contributed by atoms with Crippen molar-refractivity contribution in [2.45, 2.75) is 13.1 Å². The van der Waals surface area contributed by atoms with E-state index in [1.54, 1.807) is 19.2 Å². The van der Waals surface area contributed by atoms with Crippen molar-refractivity contribution in [1.82, 2.24) is 9.78 Å². The van der Waals surface area contributed by atoms with Gasteiger partial charge in [0, 0.05) is 25.0 Å². The van der Waals surface area contributed by atoms with Crippen molar-refractivity contribution in [2.24, 2.45) is 0 Å². The number of nitrogens with zero attached hydrogens (tertiary/aromatic N) is 3. The number of nitro groups is 1. The Kier molecular flexibility index (Phi) is 4.73. The van der Waals surface area contributed by atoms with E-state index in [4.69, 9.17) is 4.52 Å². The van der Waals surface area contributed by atoms with Crippen LogP contribution in [0.15, 0.2) is 30.5 Å². The number of nitro benzene ring substituents is 1. The van der Waals surface area contributed by atoms with Crippen LogP contribution in [-0.4, -0.2) is 28.0 Å². The molecule has 0 N–H and O–H groups in total. The van der Waals surface area contributed by atoms with Gasteiger partial charge in [0.1, 0.15) is 0 Å². The molecule has 0 amide bonds. The maximum Gasteiger partial charge on any atom is 0.304 e. The molecule has 0 fully saturated rings. The van der Waals surface area contributed by atoms with Crippen molar-refractivity contribution >= 4 is 13.1 Å². The fourth-order valence-corrected chi connectivity index (χ4v) is 3.38. The number of benzene rings is 1. The van der Waals surface area contributed by atoms with Crippen LogP contribution in [0.4, 0.5) is 10.1 Å². The second-order valence-corrected chi connectivity index (χ2v) is 7.34. The van der Waals surface area contributed by atoms with E-state index in [0.717, 1.165) is 12.1 Å². The van der Waals surface area contributed by atoms with Crippen molar-refractivity contribution in [3.8, 4) is 5.69 Å². The molecule has 0 aliphatic heterocycles. The van der Waals surface area contributed by atoms with Crippen LogP contribution in [0.2, 0.25) is 0 Å². The average molecular weight is 327 g/mol. The molecule has 0 saturated heterocycles. The predicted octanol–water partition coefficient (Wildman–Crippen LogP) is 3.36. The molecule has 118 valence electrons. The zero-order valence-corrected chi connectivity index (χ0v) is 13.0. The molecule has 1 atom stereocenters. The van der Waals surface area contributed by atoms with Crippen LogP contribution < -0.4 is 0 Å². The lowest BCUT2D eigenvalue weighted by atomic mass is 10.3. The summed E-state index contributed by atoms with van der Waals surface area (Å²) in [5.41, 5.74) is 0.292. The third kappa shape index (κ3) is 3.78. The largest absolute Gasteiger partial charge is 0.329 e. The summed E-state index contributed by atoms with van der Waals surface area (Å²) in [6.45, 7) is 3.64. The van der Waals surface area contributed by atoms with Gasteiger partial charge in [0.15, 0.2) is 0 Å². The van der Waals surface area contributed by atoms with Gasteiger partial charge in [-0.2, -0.15) is 9.49 Å². The third-order valence-electron chi connectivity index (χ3n) is 2.89. The summed E-state index contributed by atoms with van der Waals surface area (Å²) in [5, 5.41) is 14.8. The monoisotopic (exact) mass is 327 g/mol. The number of halogens is 1. The summed E-state index contributed by atoms with van der Waals surface area (Å²) in [6, 6.07) is 5.15. The lowest BCUT2D eigenvalue weighted by Crippen LogP contribution is -2.00. The van der Waals surface area contributed by atoms with Crippen LogP contribution in [0, 0.1) is 15.9 Å². The summed E-state index contributed by atoms with van der Waals surface area (Å²) in [4.78, 5) is 9.80. The van der Waals surface area contributed by atoms with Gasteiger partial charge >= 0.3 is 5.69 Å². The number of rotatable bonds is 6. The van der Waals surface area contributed by atoms with E-state index >= 15 is 0 Å². The van der Waals surface area contributed by atoms with Gasteiger partial charge in [0.05, 0.1) is 29.1 Å². The van der Waals surface area contributed by atoms with Gasteiger partial charge in [-0.3, -0.25) is 14.7 Å². The van der Waals surface area contributed by atoms with Crippen LogP contribution in [0.3, 0.4) is 0 Å². The van der Waals surface area contributed by atoms with Crippen LogP contribution in [0.1, 0.15) is 12.6 Å². The summed E-state index contributed by atoms with van der Waals surface area (Å²) in [5.74, 6) is -0.935. The van der Waals surface area contributed by atoms with Crippen molar-refractivity contribution in [3.05, 3.63) is 52.1 Å². The van der Waals surface area contributed by atoms with Gasteiger partial charge in [0.25, 0.3) is 0 Å². The topological polar surface area (TPSA) is 87.3 Å². The maximum atomic E-state index is 13.6. The zero-order valence-electron chi connectivity index (χ0n) is 12.1. The second-order valence-electron chi connectivity index (χ2n) is 4.73. The van der Waals surface area contributed by atoms with E-state index in [1.165, 1.54) is 17.4 Å². The predicted molar refractivity (Wildman–Crippen MR) is 79.0 cm³/mol. The highest BCUT2D eigenvalue weighted by molar-refractivity contribution is 7.57. The Labute approximate surface area is 126 Å². The van der Waals surface area contributed by atoms with E-state index in [2.05, 4.69) is 5.10 Å². The molecule has 1 unspecified atom stereocenters. The fourth-order valence-electron chi connectivity index (χ4n) is 1.99. The third-order valence-corrected chi connectivity index (χ3v) is 4.59. The molecule has 9 heteroatoms. The van der Waals surface area contributed by atoms with Gasteiger partial charge in [-0.05, 0) is 19.1 Å². The molecule has 7 nitrogen and oxygen atoms in total. The minimum atomic E-state index is -2.76. The lowest BCUT2D eigenvalue weighted by molar-refractivity contribution is -0.387. The Morgan fingerprint density at radius 3 is 2.77 bits per heavy atom. The van der Waals surface area contributed by atoms with Gasteiger partial charge in [-0.1, -0.05) is 0 Å². The Hall–Kier alpha value is -2.05. The van der Waals surface area contributed by atoms with E-state index in [-0.39, 0.29) is 6.16 Å². The smallest absolute Gasteiger partial charge is 0.304 e. The molecule has 0 bridgehead atoms. The molecule has 2 rings (SSSR count). The molecule has 0 aliphatic carbocycles. The number of aromatic nitrogens is 2. The highest BCUT2D eigenvalue weighted by Crippen LogP contribution is 2.45. The molecule has 0 saturated carbocycles. The fraction of sp³-hybridized carbons (Fsp3) is 0.308. The van der Waals surface area contributed by atoms with Crippen molar-refractivity contribution < 1.29 is 18.4 Å². The van der Waals surface area contributed by atoms with Gasteiger partial charge in [-0.25, -0.2) is 4.68 Å². The van der Waals surface area contributed by atoms with Crippen molar-refractivity contribution in [3.63, 3.8) is 0 Å². The van der Waals surface area contributed by atoms with E-state index in [0.29, 0.717) is 18.0 Å². The summed E-state index contributed by atoms with van der Waals surface area (Å²) in [6.07, 6.45) is 1.74. The quantitative estimate of drug-likeness (QED) is 0.461. The van der Waals surface area contributed by atoms with Crippen molar-refractivity contribution in [2.75, 3.05) is 13.3 Å². The molecule has 2 aromatic rings. The van der Waals surface area contributed by atoms with Crippen LogP contribution >= 0.6 is 7.37 Å². The van der Waals surface area contributed by atoms with E-state index in [1.807, 2.05) is 0 Å². The molecule has 0 radical (unpaired) electrons. The van der Waals surface area contributed by atoms with E-state index in [9.17, 15) is 19.1 Å². The molecule has 0 spiro atoms. The number of hydrogen-bond acceptors (Lipinski definition) is 5. The normalized spacial score (nSPS) is 13.8. The van der Waals surface area contributed by atoms with Gasteiger partial charge < -0.3 is 4.52 Å². The van der Waals surface area contributed by atoms with Crippen LogP contribution in [-0.2, 0) is 15.3 Å². The first-order valence-electron chi connectivity index (χ1n) is 6.52. The minimum absolute atomic E-state index is 0.170. The average Bonchev–Trinajstić information content (AvgIpc) is 2.85. The molecule has 22 heavy (non-hydrogen) atoms. The molecule has 1 aromatic carbocycles. The Bertz CT molecular complexity index is 747. The second kappa shape index (κ2) is 6.37. The summed E-state index contributed by atoms with van der Waals surface area (Å²) < 4.78 is 32.3. The van der Waals surface area contributed by atoms with Crippen LogP contribution in [0.25, 0.3) is 5.69 Å². The SMILES string of the molecule is CCOP(C)(=O)Cc1ccn(-c2ccc([N+](=O)[O-])c(F)c2)n1. The van der Waals surface area contributed by atoms with E-state index < -0.39 is 23.8 Å². The van der Waals surface area contributed by atoms with Gasteiger partial charge in [0.2, 0.25) is 13.2 Å². The standard InChI is InChI=1S/C13H15FN3O4P/c1-3-21-22(2,20)9-10-6-7-16(15-10)11-4-5-13(17(18)19)12(14)8-11/h4-8H,3,9H2,1-2H3. The Morgan fingerprint density at radius 2 is 2.18 bits per heavy atom. The Morgan fingerprint density at radius 1 is 1.45 bits per heavy atom. The first-order chi connectivity index (χ1) is 10.3. The Balaban J connectivity index is 2.23. The number of hydrogen-bond donors (Lipinski definition) is 0. The first kappa shape index (κ1) is 16.3. The maximum absolute atomic E-state index is 13.6. The molecular formula is C13H15FN3O4P. The molecule has 0 aliphatic rings. The first-order valence-corrected chi connectivity index (χ1v) is 8.78. The lowest BCUT2D eigenvalue weighted by Gasteiger charge is -2.10. The highest BCUT2D eigenvalue weighted by atomic mass is 31.2. The molecule has 1 heterocycles. The van der Waals surface area contributed by atoms with Gasteiger partial charge in [-0.15, -0.1) is 0 Å². The minimum Gasteiger partial charge on any atom is -0.329 e. The van der Waals surface area contributed by atoms with Crippen molar-refractivity contribution in [1.29, 1.82) is 0 Å². The molecule has 1 aromatic heterocycles. The summed E-state index contributed by atoms with van der Waals surface area (Å²) >= 11 is 0. The molecular weight excluding hydrogens is 312 g/mol. The highest BCUT2D eigenvalue weighted by Gasteiger charge is 2.19. The zero-order chi connectivity index (χ0) is 16.3.